The number of aliphatic carboxylic acids is 1. The van der Waals surface area contributed by atoms with Gasteiger partial charge < -0.3 is 9.84 Å². The molecule has 0 aliphatic carbocycles. The van der Waals surface area contributed by atoms with Crippen LogP contribution in [-0.4, -0.2) is 43.3 Å². The number of alkyl halides is 3. The van der Waals surface area contributed by atoms with Gasteiger partial charge in [0.05, 0.1) is 10.8 Å². The zero-order valence-electron chi connectivity index (χ0n) is 11.1. The van der Waals surface area contributed by atoms with Gasteiger partial charge in [0.1, 0.15) is 5.75 Å². The third-order valence-corrected chi connectivity index (χ3v) is 5.07. The van der Waals surface area contributed by atoms with E-state index in [1.807, 2.05) is 0 Å². The third kappa shape index (κ3) is 3.69. The van der Waals surface area contributed by atoms with E-state index in [4.69, 9.17) is 5.11 Å². The number of halogens is 3. The molecule has 0 saturated carbocycles. The van der Waals surface area contributed by atoms with Gasteiger partial charge in [0.25, 0.3) is 0 Å². The molecule has 1 N–H and O–H groups in total. The number of carboxylic acids is 1. The van der Waals surface area contributed by atoms with Crippen molar-refractivity contribution >= 4 is 16.0 Å². The molecular formula is C12H12F3NO5S. The summed E-state index contributed by atoms with van der Waals surface area (Å²) in [6, 6.07) is 3.77. The summed E-state index contributed by atoms with van der Waals surface area (Å²) in [4.78, 5) is 10.6. The lowest BCUT2D eigenvalue weighted by molar-refractivity contribution is -0.274. The van der Waals surface area contributed by atoms with Crippen LogP contribution in [0.25, 0.3) is 0 Å². The predicted molar refractivity (Wildman–Crippen MR) is 67.6 cm³/mol. The molecule has 1 aliphatic heterocycles. The number of hydrogen-bond donors (Lipinski definition) is 1. The van der Waals surface area contributed by atoms with E-state index in [0.29, 0.717) is 0 Å². The van der Waals surface area contributed by atoms with Crippen molar-refractivity contribution < 1.29 is 36.2 Å². The van der Waals surface area contributed by atoms with Gasteiger partial charge in [-0.05, 0) is 30.7 Å². The van der Waals surface area contributed by atoms with Gasteiger partial charge >= 0.3 is 12.3 Å². The molecule has 0 unspecified atom stereocenters. The second-order valence-corrected chi connectivity index (χ2v) is 6.64. The summed E-state index contributed by atoms with van der Waals surface area (Å²) in [6.07, 6.45) is -4.66. The van der Waals surface area contributed by atoms with E-state index in [2.05, 4.69) is 4.74 Å². The Morgan fingerprint density at radius 1 is 1.27 bits per heavy atom. The highest BCUT2D eigenvalue weighted by Gasteiger charge is 2.36. The minimum Gasteiger partial charge on any atom is -0.481 e. The van der Waals surface area contributed by atoms with Crippen LogP contribution in [0.15, 0.2) is 29.2 Å². The monoisotopic (exact) mass is 339 g/mol. The van der Waals surface area contributed by atoms with Gasteiger partial charge in [-0.2, -0.15) is 4.31 Å². The summed E-state index contributed by atoms with van der Waals surface area (Å²) in [5, 5.41) is 8.87. The lowest BCUT2D eigenvalue weighted by Crippen LogP contribution is -2.30. The fraction of sp³-hybridized carbons (Fsp3) is 0.417. The molecule has 1 aromatic rings. The van der Waals surface area contributed by atoms with Gasteiger partial charge in [0.2, 0.25) is 10.0 Å². The fourth-order valence-electron chi connectivity index (χ4n) is 2.11. The maximum Gasteiger partial charge on any atom is 0.573 e. The largest absolute Gasteiger partial charge is 0.573 e. The summed E-state index contributed by atoms with van der Waals surface area (Å²) in [5.41, 5.74) is 0. The Morgan fingerprint density at radius 2 is 1.86 bits per heavy atom. The molecule has 1 heterocycles. The van der Waals surface area contributed by atoms with Gasteiger partial charge in [0, 0.05) is 13.1 Å². The average molecular weight is 339 g/mol. The molecule has 1 atom stereocenters. The molecule has 2 rings (SSSR count). The molecule has 1 fully saturated rings. The number of benzene rings is 1. The summed E-state index contributed by atoms with van der Waals surface area (Å²) < 4.78 is 65.3. The molecule has 0 spiro atoms. The van der Waals surface area contributed by atoms with E-state index in [1.54, 1.807) is 0 Å². The highest BCUT2D eigenvalue weighted by Crippen LogP contribution is 2.27. The summed E-state index contributed by atoms with van der Waals surface area (Å²) >= 11 is 0. The second kappa shape index (κ2) is 5.76. The Kier molecular flexibility index (Phi) is 4.34. The molecule has 1 saturated heterocycles. The molecule has 6 nitrogen and oxygen atoms in total. The zero-order valence-corrected chi connectivity index (χ0v) is 11.9. The highest BCUT2D eigenvalue weighted by molar-refractivity contribution is 7.89. The number of hydrogen-bond acceptors (Lipinski definition) is 4. The van der Waals surface area contributed by atoms with Crippen molar-refractivity contribution in [3.05, 3.63) is 24.3 Å². The number of sulfonamides is 1. The molecule has 1 aromatic carbocycles. The average Bonchev–Trinajstić information content (AvgIpc) is 2.87. The Hall–Kier alpha value is -1.81. The SMILES string of the molecule is O=C(O)[C@H]1CCN(S(=O)(=O)c2ccc(OC(F)(F)F)cc2)C1. The smallest absolute Gasteiger partial charge is 0.481 e. The van der Waals surface area contributed by atoms with Crippen molar-refractivity contribution in [1.82, 2.24) is 4.31 Å². The first-order valence-electron chi connectivity index (χ1n) is 6.18. The third-order valence-electron chi connectivity index (χ3n) is 3.20. The van der Waals surface area contributed by atoms with Crippen molar-refractivity contribution in [1.29, 1.82) is 0 Å². The topological polar surface area (TPSA) is 83.9 Å². The standard InChI is InChI=1S/C12H12F3NO5S/c13-12(14,15)21-9-1-3-10(4-2-9)22(19,20)16-6-5-8(7-16)11(17)18/h1-4,8H,5-7H2,(H,17,18)/t8-/m0/s1. The van der Waals surface area contributed by atoms with Crippen molar-refractivity contribution in [2.24, 2.45) is 5.92 Å². The normalized spacial score (nSPS) is 20.0. The first-order valence-corrected chi connectivity index (χ1v) is 7.62. The van der Waals surface area contributed by atoms with Crippen LogP contribution in [0, 0.1) is 5.92 Å². The van der Waals surface area contributed by atoms with Gasteiger partial charge in [-0.15, -0.1) is 13.2 Å². The Morgan fingerprint density at radius 3 is 2.32 bits per heavy atom. The molecular weight excluding hydrogens is 327 g/mol. The second-order valence-electron chi connectivity index (χ2n) is 4.71. The van der Waals surface area contributed by atoms with Crippen LogP contribution in [0.2, 0.25) is 0 Å². The van der Waals surface area contributed by atoms with Crippen molar-refractivity contribution in [3.8, 4) is 5.75 Å². The van der Waals surface area contributed by atoms with Crippen molar-refractivity contribution in [2.45, 2.75) is 17.7 Å². The Bertz CT molecular complexity index is 656. The number of carboxylic acid groups (broad SMARTS) is 1. The van der Waals surface area contributed by atoms with Crippen LogP contribution in [0.4, 0.5) is 13.2 Å². The van der Waals surface area contributed by atoms with E-state index in [0.717, 1.165) is 28.6 Å². The van der Waals surface area contributed by atoms with E-state index >= 15 is 0 Å². The summed E-state index contributed by atoms with van der Waals surface area (Å²) in [5.74, 6) is -2.38. The molecule has 10 heteroatoms. The Labute approximate surface area is 124 Å². The first kappa shape index (κ1) is 16.6. The minimum absolute atomic E-state index is 0.0557. The van der Waals surface area contributed by atoms with E-state index in [-0.39, 0.29) is 24.4 Å². The summed E-state index contributed by atoms with van der Waals surface area (Å²) in [6.45, 7) is -0.0986. The lowest BCUT2D eigenvalue weighted by atomic mass is 10.1. The molecule has 0 bridgehead atoms. The van der Waals surface area contributed by atoms with Gasteiger partial charge in [-0.1, -0.05) is 0 Å². The van der Waals surface area contributed by atoms with Crippen LogP contribution >= 0.6 is 0 Å². The molecule has 0 aromatic heterocycles. The van der Waals surface area contributed by atoms with Crippen LogP contribution < -0.4 is 4.74 Å². The number of nitrogens with zero attached hydrogens (tertiary/aromatic N) is 1. The number of carbonyl (C=O) groups is 1. The van der Waals surface area contributed by atoms with Crippen LogP contribution in [0.3, 0.4) is 0 Å². The lowest BCUT2D eigenvalue weighted by Gasteiger charge is -2.16. The quantitative estimate of drug-likeness (QED) is 0.902. The van der Waals surface area contributed by atoms with Crippen molar-refractivity contribution in [2.75, 3.05) is 13.1 Å². The maximum atomic E-state index is 12.3. The highest BCUT2D eigenvalue weighted by atomic mass is 32.2. The van der Waals surface area contributed by atoms with Gasteiger partial charge in [-0.25, -0.2) is 8.42 Å². The van der Waals surface area contributed by atoms with E-state index in [1.165, 1.54) is 0 Å². The van der Waals surface area contributed by atoms with Crippen molar-refractivity contribution in [3.63, 3.8) is 0 Å². The van der Waals surface area contributed by atoms with E-state index in [9.17, 15) is 26.4 Å². The summed E-state index contributed by atoms with van der Waals surface area (Å²) in [7, 11) is -3.93. The number of ether oxygens (including phenoxy) is 1. The van der Waals surface area contributed by atoms with Crippen LogP contribution in [0.5, 0.6) is 5.75 Å². The molecule has 0 radical (unpaired) electrons. The molecule has 0 amide bonds. The fourth-order valence-corrected chi connectivity index (χ4v) is 3.61. The minimum atomic E-state index is -4.86. The first-order chi connectivity index (χ1) is 10.1. The molecule has 122 valence electrons. The zero-order chi connectivity index (χ0) is 16.5. The molecule has 22 heavy (non-hydrogen) atoms. The van der Waals surface area contributed by atoms with Crippen LogP contribution in [-0.2, 0) is 14.8 Å². The predicted octanol–water partition coefficient (Wildman–Crippen LogP) is 1.68. The Balaban J connectivity index is 2.15. The van der Waals surface area contributed by atoms with E-state index < -0.39 is 34.0 Å². The van der Waals surface area contributed by atoms with Gasteiger partial charge in [-0.3, -0.25) is 4.79 Å². The molecule has 1 aliphatic rings. The van der Waals surface area contributed by atoms with Crippen LogP contribution in [0.1, 0.15) is 6.42 Å². The number of rotatable bonds is 4. The van der Waals surface area contributed by atoms with Gasteiger partial charge in [0.15, 0.2) is 0 Å². The maximum absolute atomic E-state index is 12.3.